The second kappa shape index (κ2) is 7.55. The molecule has 1 fully saturated rings. The van der Waals surface area contributed by atoms with E-state index in [9.17, 15) is 14.9 Å². The lowest BCUT2D eigenvalue weighted by molar-refractivity contribution is -0.384. The number of rotatable bonds is 4. The Morgan fingerprint density at radius 3 is 2.83 bits per heavy atom. The summed E-state index contributed by atoms with van der Waals surface area (Å²) in [6.07, 6.45) is 0.908. The van der Waals surface area contributed by atoms with Crippen molar-refractivity contribution >= 4 is 22.9 Å². The van der Waals surface area contributed by atoms with Crippen molar-refractivity contribution in [3.8, 4) is 0 Å². The Morgan fingerprint density at radius 1 is 1.21 bits per heavy atom. The van der Waals surface area contributed by atoms with Crippen LogP contribution < -0.4 is 0 Å². The fraction of sp³-hybridized carbons (Fsp3) is 0.353. The minimum atomic E-state index is -0.368. The van der Waals surface area contributed by atoms with Crippen LogP contribution in [0.3, 0.4) is 0 Å². The van der Waals surface area contributed by atoms with E-state index in [2.05, 4.69) is 4.90 Å². The van der Waals surface area contributed by atoms with E-state index in [1.54, 1.807) is 12.1 Å². The van der Waals surface area contributed by atoms with Crippen molar-refractivity contribution in [3.05, 3.63) is 62.3 Å². The number of hydrogen-bond acceptors (Lipinski definition) is 5. The van der Waals surface area contributed by atoms with Gasteiger partial charge in [-0.25, -0.2) is 0 Å². The van der Waals surface area contributed by atoms with Crippen LogP contribution in [0.4, 0.5) is 5.69 Å². The predicted octanol–water partition coefficient (Wildman–Crippen LogP) is 3.00. The third kappa shape index (κ3) is 3.98. The number of nitro groups is 1. The summed E-state index contributed by atoms with van der Waals surface area (Å²) in [6.45, 7) is 3.76. The molecule has 2 heterocycles. The van der Waals surface area contributed by atoms with E-state index in [0.717, 1.165) is 37.2 Å². The topological polar surface area (TPSA) is 66.7 Å². The molecular weight excluding hydrogens is 326 g/mol. The molecular formula is C17H19N3O3S. The summed E-state index contributed by atoms with van der Waals surface area (Å²) in [7, 11) is 0. The molecule has 0 atom stereocenters. The minimum Gasteiger partial charge on any atom is -0.337 e. The number of carbonyl (C=O) groups is 1. The van der Waals surface area contributed by atoms with Gasteiger partial charge < -0.3 is 4.90 Å². The lowest BCUT2D eigenvalue weighted by atomic mass is 10.2. The van der Waals surface area contributed by atoms with Gasteiger partial charge in [0.1, 0.15) is 0 Å². The van der Waals surface area contributed by atoms with Crippen molar-refractivity contribution in [1.29, 1.82) is 0 Å². The van der Waals surface area contributed by atoms with Crippen LogP contribution in [0.25, 0.3) is 0 Å². The van der Waals surface area contributed by atoms with E-state index in [4.69, 9.17) is 0 Å². The fourth-order valence-electron chi connectivity index (χ4n) is 2.93. The van der Waals surface area contributed by atoms with Crippen LogP contribution >= 0.6 is 11.3 Å². The number of non-ortho nitro benzene ring substituents is 1. The average Bonchev–Trinajstić information content (AvgIpc) is 3.02. The summed E-state index contributed by atoms with van der Waals surface area (Å²) in [6, 6.07) is 8.62. The molecule has 1 aromatic carbocycles. The summed E-state index contributed by atoms with van der Waals surface area (Å²) in [5.41, 5.74) is 1.81. The first-order valence-electron chi connectivity index (χ1n) is 7.90. The van der Waals surface area contributed by atoms with Crippen LogP contribution in [0, 0.1) is 10.1 Å². The Morgan fingerprint density at radius 2 is 2.08 bits per heavy atom. The highest BCUT2D eigenvalue weighted by atomic mass is 32.1. The number of nitrogens with zero attached hydrogens (tertiary/aromatic N) is 3. The molecule has 6 nitrogen and oxygen atoms in total. The molecule has 0 radical (unpaired) electrons. The first kappa shape index (κ1) is 16.6. The molecule has 126 valence electrons. The van der Waals surface area contributed by atoms with Crippen molar-refractivity contribution in [2.45, 2.75) is 13.0 Å². The van der Waals surface area contributed by atoms with E-state index in [-0.39, 0.29) is 16.5 Å². The first-order valence-corrected chi connectivity index (χ1v) is 8.85. The van der Waals surface area contributed by atoms with Gasteiger partial charge in [-0.05, 0) is 23.4 Å². The molecule has 1 amide bonds. The zero-order valence-electron chi connectivity index (χ0n) is 13.3. The summed E-state index contributed by atoms with van der Waals surface area (Å²) in [5, 5.41) is 14.7. The maximum atomic E-state index is 12.4. The van der Waals surface area contributed by atoms with Crippen LogP contribution in [0.2, 0.25) is 0 Å². The van der Waals surface area contributed by atoms with Gasteiger partial charge in [-0.15, -0.1) is 0 Å². The predicted molar refractivity (Wildman–Crippen MR) is 93.2 cm³/mol. The van der Waals surface area contributed by atoms with E-state index < -0.39 is 0 Å². The monoisotopic (exact) mass is 345 g/mol. The molecule has 3 rings (SSSR count). The number of hydrogen-bond donors (Lipinski definition) is 0. The van der Waals surface area contributed by atoms with Crippen molar-refractivity contribution in [1.82, 2.24) is 9.80 Å². The molecule has 0 bridgehead atoms. The highest BCUT2D eigenvalue weighted by Crippen LogP contribution is 2.17. The molecule has 1 aliphatic heterocycles. The van der Waals surface area contributed by atoms with Gasteiger partial charge in [0.15, 0.2) is 0 Å². The highest BCUT2D eigenvalue weighted by molar-refractivity contribution is 7.08. The summed E-state index contributed by atoms with van der Waals surface area (Å²) in [5.74, 6) is 0.0912. The van der Waals surface area contributed by atoms with Crippen molar-refractivity contribution < 1.29 is 9.72 Å². The van der Waals surface area contributed by atoms with Crippen LogP contribution in [-0.2, 0) is 6.54 Å². The van der Waals surface area contributed by atoms with Crippen LogP contribution in [-0.4, -0.2) is 46.8 Å². The molecule has 0 aliphatic carbocycles. The molecule has 0 unspecified atom stereocenters. The Bertz CT molecular complexity index is 718. The number of nitro benzene ring substituents is 1. The molecule has 7 heteroatoms. The van der Waals surface area contributed by atoms with E-state index in [1.165, 1.54) is 17.4 Å². The van der Waals surface area contributed by atoms with Gasteiger partial charge in [-0.3, -0.25) is 19.8 Å². The van der Waals surface area contributed by atoms with Gasteiger partial charge in [0.25, 0.3) is 11.6 Å². The number of benzene rings is 1. The van der Waals surface area contributed by atoms with E-state index in [0.29, 0.717) is 13.1 Å². The maximum Gasteiger partial charge on any atom is 0.269 e. The zero-order valence-corrected chi connectivity index (χ0v) is 14.1. The van der Waals surface area contributed by atoms with Crippen molar-refractivity contribution in [3.63, 3.8) is 0 Å². The number of carbonyl (C=O) groups excluding carboxylic acids is 1. The first-order chi connectivity index (χ1) is 11.6. The van der Waals surface area contributed by atoms with E-state index >= 15 is 0 Å². The summed E-state index contributed by atoms with van der Waals surface area (Å²) >= 11 is 1.53. The number of thiophene rings is 1. The molecule has 24 heavy (non-hydrogen) atoms. The average molecular weight is 345 g/mol. The lowest BCUT2D eigenvalue weighted by Crippen LogP contribution is -2.34. The third-order valence-corrected chi connectivity index (χ3v) is 4.85. The van der Waals surface area contributed by atoms with Crippen LogP contribution in [0.5, 0.6) is 0 Å². The number of amides is 1. The van der Waals surface area contributed by atoms with Crippen LogP contribution in [0.15, 0.2) is 41.1 Å². The van der Waals surface area contributed by atoms with Crippen molar-refractivity contribution in [2.24, 2.45) is 0 Å². The van der Waals surface area contributed by atoms with Gasteiger partial charge in [-0.2, -0.15) is 11.3 Å². The molecule has 0 spiro atoms. The molecule has 1 aliphatic rings. The van der Waals surface area contributed by atoms with Gasteiger partial charge in [0.05, 0.1) is 10.5 Å². The van der Waals surface area contributed by atoms with E-state index in [1.807, 2.05) is 27.8 Å². The van der Waals surface area contributed by atoms with Gasteiger partial charge in [0.2, 0.25) is 0 Å². The Hall–Kier alpha value is -2.25. The molecule has 0 N–H and O–H groups in total. The Labute approximate surface area is 144 Å². The Balaban J connectivity index is 1.60. The zero-order chi connectivity index (χ0) is 16.9. The quantitative estimate of drug-likeness (QED) is 0.631. The van der Waals surface area contributed by atoms with Crippen LogP contribution in [0.1, 0.15) is 22.3 Å². The molecule has 1 aromatic heterocycles. The summed E-state index contributed by atoms with van der Waals surface area (Å²) in [4.78, 5) is 27.1. The second-order valence-electron chi connectivity index (χ2n) is 5.86. The maximum absolute atomic E-state index is 12.4. The molecule has 0 saturated carbocycles. The molecule has 1 saturated heterocycles. The normalized spacial score (nSPS) is 15.9. The van der Waals surface area contributed by atoms with Crippen molar-refractivity contribution in [2.75, 3.05) is 26.2 Å². The lowest BCUT2D eigenvalue weighted by Gasteiger charge is -2.21. The second-order valence-corrected chi connectivity index (χ2v) is 6.64. The third-order valence-electron chi connectivity index (χ3n) is 4.17. The molecule has 2 aromatic rings. The fourth-order valence-corrected chi connectivity index (χ4v) is 3.56. The van der Waals surface area contributed by atoms with Gasteiger partial charge >= 0.3 is 0 Å². The summed E-state index contributed by atoms with van der Waals surface area (Å²) < 4.78 is 0. The smallest absolute Gasteiger partial charge is 0.269 e. The van der Waals surface area contributed by atoms with Gasteiger partial charge in [-0.1, -0.05) is 12.1 Å². The Kier molecular flexibility index (Phi) is 5.22. The highest BCUT2D eigenvalue weighted by Gasteiger charge is 2.20. The van der Waals surface area contributed by atoms with Gasteiger partial charge in [0, 0.05) is 50.2 Å². The SMILES string of the molecule is O=C(c1ccsc1)N1CCCN(Cc2cccc([N+](=O)[O-])c2)CC1. The largest absolute Gasteiger partial charge is 0.337 e. The minimum absolute atomic E-state index is 0.0912. The standard InChI is InChI=1S/C17H19N3O3S/c21-17(15-5-10-24-13-15)19-7-2-6-18(8-9-19)12-14-3-1-4-16(11-14)20(22)23/h1,3-5,10-11,13H,2,6-9,12H2.